The van der Waals surface area contributed by atoms with E-state index in [-0.39, 0.29) is 17.4 Å². The van der Waals surface area contributed by atoms with Gasteiger partial charge in [0.2, 0.25) is 5.88 Å². The van der Waals surface area contributed by atoms with E-state index in [0.29, 0.717) is 10.8 Å². The molecule has 1 aromatic heterocycles. The Hall–Kier alpha value is -1.86. The van der Waals surface area contributed by atoms with Crippen molar-refractivity contribution in [3.63, 3.8) is 0 Å². The average molecular weight is 344 g/mol. The highest BCUT2D eigenvalue weighted by atomic mass is 79.9. The lowest BCUT2D eigenvalue weighted by molar-refractivity contribution is 0.318. The molecule has 0 atom stereocenters. The molecule has 98 valence electrons. The van der Waals surface area contributed by atoms with E-state index < -0.39 is 0 Å². The molecule has 1 heterocycles. The van der Waals surface area contributed by atoms with E-state index >= 15 is 0 Å². The second-order valence-electron chi connectivity index (χ2n) is 3.40. The van der Waals surface area contributed by atoms with Gasteiger partial charge in [0.1, 0.15) is 11.4 Å². The predicted molar refractivity (Wildman–Crippen MR) is 73.8 cm³/mol. The van der Waals surface area contributed by atoms with Gasteiger partial charge in [-0.05, 0) is 18.2 Å². The Morgan fingerprint density at radius 2 is 2.16 bits per heavy atom. The van der Waals surface area contributed by atoms with Crippen molar-refractivity contribution in [1.29, 1.82) is 0 Å². The topological polar surface area (TPSA) is 93.6 Å². The zero-order chi connectivity index (χ0) is 13.8. The zero-order valence-corrected chi connectivity index (χ0v) is 11.8. The molecule has 2 rings (SSSR count). The summed E-state index contributed by atoms with van der Waals surface area (Å²) in [6.45, 7) is 0. The van der Waals surface area contributed by atoms with Crippen molar-refractivity contribution in [2.75, 3.05) is 0 Å². The molecule has 3 N–H and O–H groups in total. The van der Waals surface area contributed by atoms with Crippen molar-refractivity contribution in [2.45, 2.75) is 0 Å². The molecule has 0 fully saturated rings. The van der Waals surface area contributed by atoms with Crippen LogP contribution < -0.4 is 10.5 Å². The Balaban J connectivity index is 2.20. The number of nitrogens with two attached hydrogens (primary N) is 1. The van der Waals surface area contributed by atoms with Crippen LogP contribution in [0.5, 0.6) is 11.6 Å². The summed E-state index contributed by atoms with van der Waals surface area (Å²) in [5.74, 6) is 0.579. The monoisotopic (exact) mass is 342 g/mol. The number of benzene rings is 1. The standard InChI is InChI=1S/C11H8BrClN4O2/c12-6-1-2-9(7(13)3-6)19-10-5-15-8(4-16-10)11(14)17-18/h1-5,18H,(H2,14,17). The summed E-state index contributed by atoms with van der Waals surface area (Å²) < 4.78 is 6.31. The van der Waals surface area contributed by atoms with Crippen LogP contribution in [-0.2, 0) is 0 Å². The van der Waals surface area contributed by atoms with Gasteiger partial charge >= 0.3 is 0 Å². The average Bonchev–Trinajstić information content (AvgIpc) is 2.42. The first-order chi connectivity index (χ1) is 9.10. The third-order valence-corrected chi connectivity index (χ3v) is 2.90. The predicted octanol–water partition coefficient (Wildman–Crippen LogP) is 2.78. The molecule has 2 aromatic rings. The number of ether oxygens (including phenoxy) is 1. The van der Waals surface area contributed by atoms with E-state index in [0.717, 1.165) is 4.47 Å². The van der Waals surface area contributed by atoms with Crippen LogP contribution in [0, 0.1) is 0 Å². The maximum Gasteiger partial charge on any atom is 0.237 e. The summed E-state index contributed by atoms with van der Waals surface area (Å²) in [5, 5.41) is 11.8. The van der Waals surface area contributed by atoms with E-state index in [9.17, 15) is 0 Å². The number of halogens is 2. The fraction of sp³-hybridized carbons (Fsp3) is 0. The highest BCUT2D eigenvalue weighted by Gasteiger charge is 2.07. The Labute approximate surface area is 122 Å². The first kappa shape index (κ1) is 13.6. The number of aromatic nitrogens is 2. The number of nitrogens with zero attached hydrogens (tertiary/aromatic N) is 3. The third kappa shape index (κ3) is 3.33. The minimum absolute atomic E-state index is 0.124. The number of hydrogen-bond donors (Lipinski definition) is 2. The van der Waals surface area contributed by atoms with Crippen molar-refractivity contribution < 1.29 is 9.94 Å². The SMILES string of the molecule is NC(=NO)c1cnc(Oc2ccc(Br)cc2Cl)cn1. The van der Waals surface area contributed by atoms with Gasteiger partial charge in [0, 0.05) is 4.47 Å². The van der Waals surface area contributed by atoms with Crippen LogP contribution >= 0.6 is 27.5 Å². The summed E-state index contributed by atoms with van der Waals surface area (Å²) in [6, 6.07) is 5.19. The van der Waals surface area contributed by atoms with Gasteiger partial charge in [-0.25, -0.2) is 9.97 Å². The van der Waals surface area contributed by atoms with Crippen molar-refractivity contribution >= 4 is 33.4 Å². The van der Waals surface area contributed by atoms with Crippen LogP contribution in [0.4, 0.5) is 0 Å². The van der Waals surface area contributed by atoms with Crippen molar-refractivity contribution in [3.05, 3.63) is 45.8 Å². The summed E-state index contributed by atoms with van der Waals surface area (Å²) in [7, 11) is 0. The van der Waals surface area contributed by atoms with E-state index in [1.807, 2.05) is 0 Å². The van der Waals surface area contributed by atoms with Gasteiger partial charge in [0.05, 0.1) is 17.4 Å². The van der Waals surface area contributed by atoms with Crippen molar-refractivity contribution in [2.24, 2.45) is 10.9 Å². The molecule has 0 bridgehead atoms. The molecule has 1 aromatic carbocycles. The third-order valence-electron chi connectivity index (χ3n) is 2.11. The molecule has 0 amide bonds. The fourth-order valence-electron chi connectivity index (χ4n) is 1.22. The van der Waals surface area contributed by atoms with E-state index in [1.165, 1.54) is 12.4 Å². The van der Waals surface area contributed by atoms with E-state index in [1.54, 1.807) is 18.2 Å². The molecule has 0 spiro atoms. The smallest absolute Gasteiger partial charge is 0.237 e. The van der Waals surface area contributed by atoms with Crippen LogP contribution in [0.3, 0.4) is 0 Å². The van der Waals surface area contributed by atoms with Gasteiger partial charge in [-0.3, -0.25) is 0 Å². The molecule has 8 heteroatoms. The van der Waals surface area contributed by atoms with Gasteiger partial charge in [-0.1, -0.05) is 32.7 Å². The lowest BCUT2D eigenvalue weighted by atomic mass is 10.3. The van der Waals surface area contributed by atoms with Crippen LogP contribution in [0.15, 0.2) is 40.2 Å². The highest BCUT2D eigenvalue weighted by molar-refractivity contribution is 9.10. The maximum atomic E-state index is 8.50. The second-order valence-corrected chi connectivity index (χ2v) is 4.72. The minimum Gasteiger partial charge on any atom is -0.436 e. The number of hydrogen-bond acceptors (Lipinski definition) is 5. The minimum atomic E-state index is -0.124. The molecule has 0 saturated heterocycles. The summed E-state index contributed by atoms with van der Waals surface area (Å²) in [6.07, 6.45) is 2.68. The first-order valence-corrected chi connectivity index (χ1v) is 6.20. The molecular weight excluding hydrogens is 336 g/mol. The zero-order valence-electron chi connectivity index (χ0n) is 9.42. The lowest BCUT2D eigenvalue weighted by Gasteiger charge is -2.06. The first-order valence-electron chi connectivity index (χ1n) is 5.03. The highest BCUT2D eigenvalue weighted by Crippen LogP contribution is 2.30. The van der Waals surface area contributed by atoms with Gasteiger partial charge in [0.25, 0.3) is 0 Å². The van der Waals surface area contributed by atoms with E-state index in [2.05, 4.69) is 31.1 Å². The molecule has 6 nitrogen and oxygen atoms in total. The molecule has 19 heavy (non-hydrogen) atoms. The molecule has 0 unspecified atom stereocenters. The Morgan fingerprint density at radius 3 is 2.74 bits per heavy atom. The largest absolute Gasteiger partial charge is 0.436 e. The summed E-state index contributed by atoms with van der Waals surface area (Å²) in [5.41, 5.74) is 5.62. The summed E-state index contributed by atoms with van der Waals surface area (Å²) in [4.78, 5) is 7.92. The Kier molecular flexibility index (Phi) is 4.18. The second kappa shape index (κ2) is 5.85. The van der Waals surface area contributed by atoms with Gasteiger partial charge in [0.15, 0.2) is 5.84 Å². The normalized spacial score (nSPS) is 11.4. The lowest BCUT2D eigenvalue weighted by Crippen LogP contribution is -2.15. The molecule has 0 radical (unpaired) electrons. The van der Waals surface area contributed by atoms with Crippen LogP contribution in [0.25, 0.3) is 0 Å². The van der Waals surface area contributed by atoms with Crippen molar-refractivity contribution in [1.82, 2.24) is 9.97 Å². The number of amidine groups is 1. The van der Waals surface area contributed by atoms with Crippen LogP contribution in [-0.4, -0.2) is 21.0 Å². The van der Waals surface area contributed by atoms with Crippen LogP contribution in [0.1, 0.15) is 5.69 Å². The number of rotatable bonds is 3. The summed E-state index contributed by atoms with van der Waals surface area (Å²) >= 11 is 9.30. The number of oxime groups is 1. The van der Waals surface area contributed by atoms with Gasteiger partial charge in [-0.15, -0.1) is 0 Å². The quantitative estimate of drug-likeness (QED) is 0.387. The molecule has 0 saturated carbocycles. The molecular formula is C11H8BrClN4O2. The fourth-order valence-corrected chi connectivity index (χ4v) is 1.94. The van der Waals surface area contributed by atoms with Crippen molar-refractivity contribution in [3.8, 4) is 11.6 Å². The maximum absolute atomic E-state index is 8.50. The Bertz CT molecular complexity index is 619. The van der Waals surface area contributed by atoms with Gasteiger partial charge in [-0.2, -0.15) is 0 Å². The van der Waals surface area contributed by atoms with E-state index in [4.69, 9.17) is 27.3 Å². The molecule has 0 aliphatic carbocycles. The molecule has 0 aliphatic rings. The van der Waals surface area contributed by atoms with Gasteiger partial charge < -0.3 is 15.7 Å². The molecule has 0 aliphatic heterocycles. The van der Waals surface area contributed by atoms with Crippen LogP contribution in [0.2, 0.25) is 5.02 Å². The Morgan fingerprint density at radius 1 is 1.37 bits per heavy atom.